The highest BCUT2D eigenvalue weighted by Crippen LogP contribution is 2.30. The van der Waals surface area contributed by atoms with Crippen molar-refractivity contribution in [3.63, 3.8) is 0 Å². The molecule has 0 amide bonds. The number of nitrogens with one attached hydrogen (secondary N) is 1. The van der Waals surface area contributed by atoms with Crippen molar-refractivity contribution in [2.75, 3.05) is 6.61 Å². The maximum Gasteiger partial charge on any atom is 0.416 e. The molecular formula is C20H18F3N3O. The van der Waals surface area contributed by atoms with Gasteiger partial charge in [-0.3, -0.25) is 0 Å². The lowest BCUT2D eigenvalue weighted by Gasteiger charge is -2.16. The van der Waals surface area contributed by atoms with Crippen LogP contribution in [-0.2, 0) is 12.7 Å². The van der Waals surface area contributed by atoms with Crippen molar-refractivity contribution in [3.8, 4) is 11.4 Å². The minimum absolute atomic E-state index is 0.0686. The number of benzene rings is 2. The first-order chi connectivity index (χ1) is 13.0. The zero-order valence-corrected chi connectivity index (χ0v) is 14.3. The van der Waals surface area contributed by atoms with E-state index < -0.39 is 11.7 Å². The van der Waals surface area contributed by atoms with Crippen LogP contribution in [0.2, 0.25) is 0 Å². The van der Waals surface area contributed by atoms with Gasteiger partial charge in [-0.05, 0) is 23.8 Å². The lowest BCUT2D eigenvalue weighted by molar-refractivity contribution is -0.137. The SMILES string of the molecule is OCC(NCc1ccnc(-c2ccc(C(F)(F)F)cc2)n1)c1ccccc1. The van der Waals surface area contributed by atoms with E-state index in [4.69, 9.17) is 0 Å². The Kier molecular flexibility index (Phi) is 5.83. The molecule has 0 radical (unpaired) electrons. The minimum atomic E-state index is -4.37. The molecule has 1 atom stereocenters. The van der Waals surface area contributed by atoms with Crippen molar-refractivity contribution < 1.29 is 18.3 Å². The van der Waals surface area contributed by atoms with Crippen LogP contribution in [0.5, 0.6) is 0 Å². The molecule has 3 aromatic rings. The second-order valence-corrected chi connectivity index (χ2v) is 5.97. The van der Waals surface area contributed by atoms with Gasteiger partial charge in [0.1, 0.15) is 0 Å². The van der Waals surface area contributed by atoms with Gasteiger partial charge >= 0.3 is 6.18 Å². The third-order valence-electron chi connectivity index (χ3n) is 4.10. The molecule has 0 saturated heterocycles. The van der Waals surface area contributed by atoms with Crippen molar-refractivity contribution in [2.45, 2.75) is 18.8 Å². The second-order valence-electron chi connectivity index (χ2n) is 5.97. The molecule has 2 aromatic carbocycles. The molecule has 0 bridgehead atoms. The average molecular weight is 373 g/mol. The van der Waals surface area contributed by atoms with Crippen LogP contribution in [0.4, 0.5) is 13.2 Å². The quantitative estimate of drug-likeness (QED) is 0.686. The van der Waals surface area contributed by atoms with Crippen LogP contribution < -0.4 is 5.32 Å². The van der Waals surface area contributed by atoms with E-state index in [0.29, 0.717) is 23.6 Å². The number of aliphatic hydroxyl groups excluding tert-OH is 1. The van der Waals surface area contributed by atoms with Gasteiger partial charge in [0.25, 0.3) is 0 Å². The number of aromatic nitrogens is 2. The Morgan fingerprint density at radius 3 is 2.30 bits per heavy atom. The number of halogens is 3. The van der Waals surface area contributed by atoms with Gasteiger partial charge in [-0.15, -0.1) is 0 Å². The van der Waals surface area contributed by atoms with Gasteiger partial charge in [0, 0.05) is 18.3 Å². The third-order valence-corrected chi connectivity index (χ3v) is 4.10. The molecular weight excluding hydrogens is 355 g/mol. The van der Waals surface area contributed by atoms with Crippen molar-refractivity contribution in [1.29, 1.82) is 0 Å². The van der Waals surface area contributed by atoms with Crippen LogP contribution in [0, 0.1) is 0 Å². The molecule has 3 rings (SSSR count). The maximum atomic E-state index is 12.7. The Labute approximate surface area is 154 Å². The molecule has 1 aromatic heterocycles. The molecule has 0 fully saturated rings. The Morgan fingerprint density at radius 2 is 1.67 bits per heavy atom. The van der Waals surface area contributed by atoms with Gasteiger partial charge in [-0.2, -0.15) is 13.2 Å². The summed E-state index contributed by atoms with van der Waals surface area (Å²) in [5.74, 6) is 0.350. The van der Waals surface area contributed by atoms with Gasteiger partial charge in [0.05, 0.1) is 23.9 Å². The molecule has 0 aliphatic rings. The highest BCUT2D eigenvalue weighted by molar-refractivity contribution is 5.55. The molecule has 27 heavy (non-hydrogen) atoms. The van der Waals surface area contributed by atoms with E-state index in [1.54, 1.807) is 12.3 Å². The molecule has 7 heteroatoms. The summed E-state index contributed by atoms with van der Waals surface area (Å²) in [7, 11) is 0. The molecule has 1 heterocycles. The molecule has 2 N–H and O–H groups in total. The van der Waals surface area contributed by atoms with E-state index >= 15 is 0 Å². The summed E-state index contributed by atoms with van der Waals surface area (Å²) in [6.07, 6.45) is -2.81. The van der Waals surface area contributed by atoms with E-state index in [1.165, 1.54) is 12.1 Å². The summed E-state index contributed by atoms with van der Waals surface area (Å²) in [4.78, 5) is 8.54. The van der Waals surface area contributed by atoms with Crippen LogP contribution in [0.1, 0.15) is 22.9 Å². The maximum absolute atomic E-state index is 12.7. The smallest absolute Gasteiger partial charge is 0.394 e. The van der Waals surface area contributed by atoms with Crippen LogP contribution in [0.25, 0.3) is 11.4 Å². The molecule has 140 valence electrons. The first-order valence-electron chi connectivity index (χ1n) is 8.36. The lowest BCUT2D eigenvalue weighted by Crippen LogP contribution is -2.24. The summed E-state index contributed by atoms with van der Waals surface area (Å²) in [5, 5.41) is 12.8. The van der Waals surface area contributed by atoms with E-state index in [9.17, 15) is 18.3 Å². The number of hydrogen-bond donors (Lipinski definition) is 2. The summed E-state index contributed by atoms with van der Waals surface area (Å²) < 4.78 is 38.0. The largest absolute Gasteiger partial charge is 0.416 e. The summed E-state index contributed by atoms with van der Waals surface area (Å²) in [6, 6.07) is 15.8. The number of alkyl halides is 3. The highest BCUT2D eigenvalue weighted by atomic mass is 19.4. The Bertz CT molecular complexity index is 868. The monoisotopic (exact) mass is 373 g/mol. The van der Waals surface area contributed by atoms with E-state index in [2.05, 4.69) is 15.3 Å². The topological polar surface area (TPSA) is 58.0 Å². The van der Waals surface area contributed by atoms with Crippen LogP contribution >= 0.6 is 0 Å². The second kappa shape index (κ2) is 8.28. The molecule has 0 aliphatic carbocycles. The number of aliphatic hydroxyl groups is 1. The Balaban J connectivity index is 1.72. The molecule has 0 saturated carbocycles. The van der Waals surface area contributed by atoms with Gasteiger partial charge in [0.15, 0.2) is 5.82 Å². The fourth-order valence-corrected chi connectivity index (χ4v) is 2.64. The Hall–Kier alpha value is -2.77. The number of hydrogen-bond acceptors (Lipinski definition) is 4. The molecule has 4 nitrogen and oxygen atoms in total. The summed E-state index contributed by atoms with van der Waals surface area (Å²) in [5.41, 5.74) is 1.43. The zero-order chi connectivity index (χ0) is 19.3. The first-order valence-corrected chi connectivity index (χ1v) is 8.36. The molecule has 0 aliphatic heterocycles. The van der Waals surface area contributed by atoms with Crippen molar-refractivity contribution in [2.24, 2.45) is 0 Å². The average Bonchev–Trinajstić information content (AvgIpc) is 2.69. The standard InChI is InChI=1S/C20H18F3N3O/c21-20(22,23)16-8-6-15(7-9-16)19-24-11-10-17(26-19)12-25-18(13-27)14-4-2-1-3-5-14/h1-11,18,25,27H,12-13H2. The number of nitrogens with zero attached hydrogens (tertiary/aromatic N) is 2. The Morgan fingerprint density at radius 1 is 0.963 bits per heavy atom. The number of rotatable bonds is 6. The van der Waals surface area contributed by atoms with Gasteiger partial charge in [-0.1, -0.05) is 42.5 Å². The highest BCUT2D eigenvalue weighted by Gasteiger charge is 2.30. The molecule has 0 spiro atoms. The van der Waals surface area contributed by atoms with Gasteiger partial charge < -0.3 is 10.4 Å². The molecule has 1 unspecified atom stereocenters. The summed E-state index contributed by atoms with van der Waals surface area (Å²) >= 11 is 0. The van der Waals surface area contributed by atoms with Crippen molar-refractivity contribution in [1.82, 2.24) is 15.3 Å². The zero-order valence-electron chi connectivity index (χ0n) is 14.3. The van der Waals surface area contributed by atoms with Gasteiger partial charge in [-0.25, -0.2) is 9.97 Å². The van der Waals surface area contributed by atoms with Crippen LogP contribution in [-0.4, -0.2) is 21.7 Å². The predicted molar refractivity (Wildman–Crippen MR) is 95.6 cm³/mol. The fraction of sp³-hybridized carbons (Fsp3) is 0.200. The van der Waals surface area contributed by atoms with Crippen LogP contribution in [0.3, 0.4) is 0 Å². The predicted octanol–water partition coefficient (Wildman–Crippen LogP) is 3.99. The van der Waals surface area contributed by atoms with Gasteiger partial charge in [0.2, 0.25) is 0 Å². The van der Waals surface area contributed by atoms with E-state index in [-0.39, 0.29) is 12.6 Å². The summed E-state index contributed by atoms with van der Waals surface area (Å²) in [6.45, 7) is 0.317. The van der Waals surface area contributed by atoms with Crippen molar-refractivity contribution >= 4 is 0 Å². The normalized spacial score (nSPS) is 12.7. The fourth-order valence-electron chi connectivity index (χ4n) is 2.64. The third kappa shape index (κ3) is 4.90. The lowest BCUT2D eigenvalue weighted by atomic mass is 10.1. The minimum Gasteiger partial charge on any atom is -0.394 e. The van der Waals surface area contributed by atoms with Crippen molar-refractivity contribution in [3.05, 3.63) is 83.7 Å². The van der Waals surface area contributed by atoms with E-state index in [0.717, 1.165) is 17.7 Å². The van der Waals surface area contributed by atoms with Crippen LogP contribution in [0.15, 0.2) is 66.9 Å². The first kappa shape index (κ1) is 19.0. The van der Waals surface area contributed by atoms with E-state index in [1.807, 2.05) is 30.3 Å².